The lowest BCUT2D eigenvalue weighted by molar-refractivity contribution is -0.139. The van der Waals surface area contributed by atoms with Crippen LogP contribution in [0.25, 0.3) is 0 Å². The number of hydrogen-bond acceptors (Lipinski definition) is 4. The van der Waals surface area contributed by atoms with E-state index in [1.165, 1.54) is 5.56 Å². The Hall–Kier alpha value is -3.25. The topological polar surface area (TPSA) is 58.6 Å². The van der Waals surface area contributed by atoms with E-state index in [2.05, 4.69) is 17.4 Å². The van der Waals surface area contributed by atoms with Crippen LogP contribution in [-0.4, -0.2) is 42.2 Å². The normalized spacial score (nSPS) is 11.5. The van der Waals surface area contributed by atoms with Gasteiger partial charge in [-0.3, -0.25) is 9.59 Å². The number of amides is 2. The highest BCUT2D eigenvalue weighted by molar-refractivity contribution is 7.99. The van der Waals surface area contributed by atoms with E-state index in [1.807, 2.05) is 79.7 Å². The zero-order valence-corrected chi connectivity index (χ0v) is 20.6. The highest BCUT2D eigenvalue weighted by Crippen LogP contribution is 2.20. The van der Waals surface area contributed by atoms with Gasteiger partial charge in [-0.2, -0.15) is 0 Å². The average molecular weight is 477 g/mol. The van der Waals surface area contributed by atoms with Crippen LogP contribution in [0.5, 0.6) is 5.75 Å². The van der Waals surface area contributed by atoms with Gasteiger partial charge >= 0.3 is 0 Å². The van der Waals surface area contributed by atoms with Crippen molar-refractivity contribution in [3.63, 3.8) is 0 Å². The van der Waals surface area contributed by atoms with E-state index >= 15 is 0 Å². The predicted molar refractivity (Wildman–Crippen MR) is 139 cm³/mol. The number of methoxy groups -OCH3 is 1. The van der Waals surface area contributed by atoms with E-state index in [1.54, 1.807) is 23.8 Å². The van der Waals surface area contributed by atoms with Crippen molar-refractivity contribution in [1.29, 1.82) is 0 Å². The van der Waals surface area contributed by atoms with Gasteiger partial charge in [0.2, 0.25) is 11.8 Å². The van der Waals surface area contributed by atoms with Gasteiger partial charge in [0.1, 0.15) is 11.8 Å². The van der Waals surface area contributed by atoms with E-state index in [0.29, 0.717) is 25.3 Å². The summed E-state index contributed by atoms with van der Waals surface area (Å²) in [6.07, 6.45) is 0.450. The Morgan fingerprint density at radius 2 is 1.56 bits per heavy atom. The number of benzene rings is 3. The van der Waals surface area contributed by atoms with Crippen LogP contribution in [-0.2, 0) is 28.3 Å². The summed E-state index contributed by atoms with van der Waals surface area (Å²) in [4.78, 5) is 28.4. The molecule has 0 radical (unpaired) electrons. The molecule has 6 heteroatoms. The molecule has 1 N–H and O–H groups in total. The lowest BCUT2D eigenvalue weighted by atomic mass is 10.0. The van der Waals surface area contributed by atoms with Crippen LogP contribution < -0.4 is 10.1 Å². The molecule has 34 heavy (non-hydrogen) atoms. The van der Waals surface area contributed by atoms with Gasteiger partial charge in [-0.1, -0.05) is 72.8 Å². The maximum atomic E-state index is 13.5. The van der Waals surface area contributed by atoms with Gasteiger partial charge in [0.15, 0.2) is 0 Å². The van der Waals surface area contributed by atoms with E-state index in [4.69, 9.17) is 4.74 Å². The zero-order valence-electron chi connectivity index (χ0n) is 19.8. The Kier molecular flexibility index (Phi) is 10.0. The molecule has 0 aromatic heterocycles. The highest BCUT2D eigenvalue weighted by Gasteiger charge is 2.30. The molecule has 0 bridgehead atoms. The van der Waals surface area contributed by atoms with Crippen molar-refractivity contribution in [3.05, 3.63) is 102 Å². The molecule has 1 atom stereocenters. The Morgan fingerprint density at radius 3 is 2.21 bits per heavy atom. The summed E-state index contributed by atoms with van der Waals surface area (Å²) >= 11 is 1.56. The van der Waals surface area contributed by atoms with Gasteiger partial charge < -0.3 is 15.0 Å². The molecule has 5 nitrogen and oxygen atoms in total. The number of carbonyl (C=O) groups is 2. The molecule has 0 heterocycles. The fraction of sp³-hybridized carbons (Fsp3) is 0.286. The summed E-state index contributed by atoms with van der Waals surface area (Å²) in [5, 5.41) is 2.93. The second-order valence-corrected chi connectivity index (χ2v) is 8.94. The minimum absolute atomic E-state index is 0.0593. The number of nitrogens with one attached hydrogen (secondary N) is 1. The number of nitrogens with zero attached hydrogens (tertiary/aromatic N) is 1. The first kappa shape index (κ1) is 25.4. The first-order chi connectivity index (χ1) is 16.6. The zero-order chi connectivity index (χ0) is 24.2. The standard InChI is InChI=1S/C28H32N2O3S/c1-3-29-28(32)26(18-22-11-6-4-7-12-22)30(19-24-15-10-16-25(17-24)33-2)27(31)21-34-20-23-13-8-5-9-14-23/h4-17,26H,3,18-21H2,1-2H3,(H,29,32)/t26-/m1/s1. The fourth-order valence-corrected chi connectivity index (χ4v) is 4.60. The maximum absolute atomic E-state index is 13.5. The second-order valence-electron chi connectivity index (χ2n) is 7.95. The van der Waals surface area contributed by atoms with E-state index < -0.39 is 6.04 Å². The first-order valence-electron chi connectivity index (χ1n) is 11.5. The van der Waals surface area contributed by atoms with Gasteiger partial charge in [0.25, 0.3) is 0 Å². The van der Waals surface area contributed by atoms with Crippen molar-refractivity contribution in [1.82, 2.24) is 10.2 Å². The van der Waals surface area contributed by atoms with E-state index in [9.17, 15) is 9.59 Å². The Balaban J connectivity index is 1.84. The van der Waals surface area contributed by atoms with Crippen LogP contribution in [0.1, 0.15) is 23.6 Å². The van der Waals surface area contributed by atoms with Crippen LogP contribution in [0.2, 0.25) is 0 Å². The average Bonchev–Trinajstić information content (AvgIpc) is 2.87. The third kappa shape index (κ3) is 7.66. The predicted octanol–water partition coefficient (Wildman–Crippen LogP) is 4.70. The lowest BCUT2D eigenvalue weighted by Crippen LogP contribution is -2.51. The van der Waals surface area contributed by atoms with Crippen LogP contribution >= 0.6 is 11.8 Å². The molecule has 2 amide bonds. The molecule has 3 rings (SSSR count). The quantitative estimate of drug-likeness (QED) is 0.412. The molecule has 0 aliphatic heterocycles. The molecule has 0 aliphatic carbocycles. The van der Waals surface area contributed by atoms with Gasteiger partial charge in [0.05, 0.1) is 12.9 Å². The number of ether oxygens (including phenoxy) is 1. The SMILES string of the molecule is CCNC(=O)[C@@H](Cc1ccccc1)N(Cc1cccc(OC)c1)C(=O)CSCc1ccccc1. The Bertz CT molecular complexity index is 1040. The third-order valence-corrected chi connectivity index (χ3v) is 6.43. The number of carbonyl (C=O) groups excluding carboxylic acids is 2. The van der Waals surface area contributed by atoms with Gasteiger partial charge in [-0.15, -0.1) is 11.8 Å². The number of likely N-dealkylation sites (N-methyl/N-ethyl adjacent to an activating group) is 1. The van der Waals surface area contributed by atoms with Gasteiger partial charge in [0, 0.05) is 25.3 Å². The maximum Gasteiger partial charge on any atom is 0.243 e. The third-order valence-electron chi connectivity index (χ3n) is 5.45. The molecule has 0 spiro atoms. The molecule has 3 aromatic rings. The molecule has 0 saturated carbocycles. The summed E-state index contributed by atoms with van der Waals surface area (Å²) in [5.74, 6) is 1.56. The van der Waals surface area contributed by atoms with Crippen LogP contribution in [0.4, 0.5) is 0 Å². The summed E-state index contributed by atoms with van der Waals surface area (Å²) in [7, 11) is 1.62. The van der Waals surface area contributed by atoms with E-state index in [-0.39, 0.29) is 11.8 Å². The Labute approximate surface area is 206 Å². The van der Waals surface area contributed by atoms with Crippen molar-refractivity contribution < 1.29 is 14.3 Å². The smallest absolute Gasteiger partial charge is 0.243 e. The summed E-state index contributed by atoms with van der Waals surface area (Å²) in [6.45, 7) is 2.73. The molecular formula is C28H32N2O3S. The molecule has 0 aliphatic rings. The number of rotatable bonds is 12. The summed E-state index contributed by atoms with van der Waals surface area (Å²) in [6, 6.07) is 26.9. The lowest BCUT2D eigenvalue weighted by Gasteiger charge is -2.31. The van der Waals surface area contributed by atoms with Crippen molar-refractivity contribution in [2.45, 2.75) is 31.7 Å². The van der Waals surface area contributed by atoms with Gasteiger partial charge in [-0.25, -0.2) is 0 Å². The number of thioether (sulfide) groups is 1. The summed E-state index contributed by atoms with van der Waals surface area (Å²) in [5.41, 5.74) is 3.10. The van der Waals surface area contributed by atoms with Crippen LogP contribution in [0, 0.1) is 0 Å². The van der Waals surface area contributed by atoms with E-state index in [0.717, 1.165) is 22.6 Å². The molecular weight excluding hydrogens is 444 g/mol. The monoisotopic (exact) mass is 476 g/mol. The van der Waals surface area contributed by atoms with Crippen molar-refractivity contribution in [2.24, 2.45) is 0 Å². The minimum Gasteiger partial charge on any atom is -0.497 e. The molecule has 0 saturated heterocycles. The number of hydrogen-bond donors (Lipinski definition) is 1. The van der Waals surface area contributed by atoms with Crippen LogP contribution in [0.15, 0.2) is 84.9 Å². The van der Waals surface area contributed by atoms with Gasteiger partial charge in [-0.05, 0) is 35.7 Å². The molecule has 0 fully saturated rings. The largest absolute Gasteiger partial charge is 0.497 e. The summed E-state index contributed by atoms with van der Waals surface area (Å²) < 4.78 is 5.37. The minimum atomic E-state index is -0.613. The van der Waals surface area contributed by atoms with Crippen molar-refractivity contribution in [2.75, 3.05) is 19.4 Å². The van der Waals surface area contributed by atoms with Crippen molar-refractivity contribution in [3.8, 4) is 5.75 Å². The Morgan fingerprint density at radius 1 is 0.912 bits per heavy atom. The van der Waals surface area contributed by atoms with Crippen molar-refractivity contribution >= 4 is 23.6 Å². The molecule has 3 aromatic carbocycles. The highest BCUT2D eigenvalue weighted by atomic mass is 32.2. The second kappa shape index (κ2) is 13.5. The van der Waals surface area contributed by atoms with Crippen LogP contribution in [0.3, 0.4) is 0 Å². The molecule has 0 unspecified atom stereocenters. The molecule has 178 valence electrons. The fourth-order valence-electron chi connectivity index (χ4n) is 3.73. The first-order valence-corrected chi connectivity index (χ1v) is 12.6.